The van der Waals surface area contributed by atoms with Crippen LogP contribution < -0.4 is 14.8 Å². The largest absolute Gasteiger partial charge is 0.496 e. The van der Waals surface area contributed by atoms with Gasteiger partial charge in [-0.3, -0.25) is 4.79 Å². The summed E-state index contributed by atoms with van der Waals surface area (Å²) >= 11 is 0. The average Bonchev–Trinajstić information content (AvgIpc) is 3.25. The third kappa shape index (κ3) is 4.27. The first kappa shape index (κ1) is 23.1. The van der Waals surface area contributed by atoms with Gasteiger partial charge in [-0.05, 0) is 56.2 Å². The minimum absolute atomic E-state index is 0.363. The fourth-order valence-corrected chi connectivity index (χ4v) is 4.07. The smallest absolute Gasteiger partial charge is 0.248 e. The lowest BCUT2D eigenvalue weighted by Crippen LogP contribution is -2.09. The number of para-hydroxylation sites is 1. The Hall–Kier alpha value is -4.06. The van der Waals surface area contributed by atoms with Crippen LogP contribution in [-0.4, -0.2) is 20.1 Å². The van der Waals surface area contributed by atoms with Crippen LogP contribution in [0.2, 0.25) is 0 Å². The van der Waals surface area contributed by atoms with Gasteiger partial charge in [-0.25, -0.2) is 4.39 Å². The van der Waals surface area contributed by atoms with E-state index in [-0.39, 0.29) is 11.7 Å². The topological polar surface area (TPSA) is 60.7 Å². The Morgan fingerprint density at radius 2 is 1.79 bits per heavy atom. The van der Waals surface area contributed by atoms with Crippen LogP contribution in [0, 0.1) is 19.7 Å². The van der Waals surface area contributed by atoms with Crippen LogP contribution >= 0.6 is 0 Å². The minimum atomic E-state index is -0.370. The number of methoxy groups -OCH3 is 2. The summed E-state index contributed by atoms with van der Waals surface area (Å²) in [4.78, 5) is 12.7. The van der Waals surface area contributed by atoms with E-state index < -0.39 is 0 Å². The van der Waals surface area contributed by atoms with Gasteiger partial charge in [0, 0.05) is 39.4 Å². The molecule has 0 spiro atoms. The van der Waals surface area contributed by atoms with Crippen LogP contribution in [0.25, 0.3) is 27.7 Å². The molecule has 4 aromatic rings. The Balaban J connectivity index is 1.77. The van der Waals surface area contributed by atoms with Crippen molar-refractivity contribution in [2.24, 2.45) is 0 Å². The van der Waals surface area contributed by atoms with E-state index in [1.54, 1.807) is 39.5 Å². The number of allylic oxidation sites excluding steroid dienone is 1. The Bertz CT molecular complexity index is 1420. The van der Waals surface area contributed by atoms with Gasteiger partial charge in [-0.1, -0.05) is 24.3 Å². The first-order valence-electron chi connectivity index (χ1n) is 10.8. The zero-order valence-electron chi connectivity index (χ0n) is 19.8. The van der Waals surface area contributed by atoms with Crippen molar-refractivity contribution in [3.05, 3.63) is 83.4 Å². The van der Waals surface area contributed by atoms with Crippen molar-refractivity contribution in [2.75, 3.05) is 19.5 Å². The van der Waals surface area contributed by atoms with Crippen molar-refractivity contribution < 1.29 is 23.1 Å². The molecule has 0 bridgehead atoms. The van der Waals surface area contributed by atoms with Crippen molar-refractivity contribution >= 4 is 28.1 Å². The highest BCUT2D eigenvalue weighted by molar-refractivity contribution is 6.06. The molecule has 0 unspecified atom stereocenters. The number of rotatable bonds is 6. The van der Waals surface area contributed by atoms with Crippen LogP contribution in [0.5, 0.6) is 11.5 Å². The fraction of sp³-hybridized carbons (Fsp3) is 0.179. The molecule has 0 aliphatic rings. The predicted molar refractivity (Wildman–Crippen MR) is 133 cm³/mol. The molecule has 0 fully saturated rings. The van der Waals surface area contributed by atoms with Crippen LogP contribution in [0.1, 0.15) is 23.6 Å². The molecule has 0 aliphatic heterocycles. The third-order valence-corrected chi connectivity index (χ3v) is 5.86. The maximum absolute atomic E-state index is 13.8. The summed E-state index contributed by atoms with van der Waals surface area (Å²) in [5.74, 6) is 0.622. The summed E-state index contributed by atoms with van der Waals surface area (Å²) < 4.78 is 31.0. The Morgan fingerprint density at radius 3 is 2.50 bits per heavy atom. The van der Waals surface area contributed by atoms with E-state index in [1.807, 2.05) is 44.2 Å². The number of hydrogen-bond acceptors (Lipinski definition) is 4. The number of benzene rings is 3. The number of carbonyl (C=O) groups is 1. The van der Waals surface area contributed by atoms with Gasteiger partial charge in [-0.15, -0.1) is 0 Å². The summed E-state index contributed by atoms with van der Waals surface area (Å²) in [5, 5.41) is 3.60. The van der Waals surface area contributed by atoms with Crippen molar-refractivity contribution in [3.8, 4) is 22.6 Å². The number of furan rings is 1. The number of fused-ring (bicyclic) bond motifs is 1. The zero-order valence-corrected chi connectivity index (χ0v) is 19.8. The van der Waals surface area contributed by atoms with Crippen LogP contribution in [0.4, 0.5) is 10.1 Å². The van der Waals surface area contributed by atoms with Gasteiger partial charge >= 0.3 is 0 Å². The van der Waals surface area contributed by atoms with Crippen molar-refractivity contribution in [2.45, 2.75) is 20.8 Å². The normalized spacial score (nSPS) is 11.5. The second-order valence-electron chi connectivity index (χ2n) is 8.09. The highest BCUT2D eigenvalue weighted by Gasteiger charge is 2.20. The Morgan fingerprint density at radius 1 is 1.03 bits per heavy atom. The lowest BCUT2D eigenvalue weighted by molar-refractivity contribution is -0.111. The number of aryl methyl sites for hydroxylation is 2. The van der Waals surface area contributed by atoms with E-state index in [9.17, 15) is 9.18 Å². The highest BCUT2D eigenvalue weighted by atomic mass is 19.1. The summed E-state index contributed by atoms with van der Waals surface area (Å²) in [6.07, 6.45) is 3.18. The van der Waals surface area contributed by atoms with Crippen LogP contribution in [0.15, 0.2) is 65.3 Å². The molecular formula is C28H26FNO4. The van der Waals surface area contributed by atoms with Gasteiger partial charge in [0.25, 0.3) is 0 Å². The van der Waals surface area contributed by atoms with Crippen LogP contribution in [-0.2, 0) is 4.79 Å². The summed E-state index contributed by atoms with van der Waals surface area (Å²) in [7, 11) is 3.22. The predicted octanol–water partition coefficient (Wildman–Crippen LogP) is 6.91. The molecule has 3 aromatic carbocycles. The molecule has 0 saturated heterocycles. The monoisotopic (exact) mass is 459 g/mol. The Labute approximate surface area is 197 Å². The average molecular weight is 460 g/mol. The van der Waals surface area contributed by atoms with E-state index in [0.717, 1.165) is 33.4 Å². The number of carbonyl (C=O) groups excluding carboxylic acids is 1. The molecule has 174 valence electrons. The summed E-state index contributed by atoms with van der Waals surface area (Å²) in [6.45, 7) is 5.43. The quantitative estimate of drug-likeness (QED) is 0.318. The van der Waals surface area contributed by atoms with E-state index in [0.29, 0.717) is 28.2 Å². The molecule has 1 amide bonds. The zero-order chi connectivity index (χ0) is 24.4. The second kappa shape index (κ2) is 9.43. The molecule has 4 rings (SSSR count). The number of halogens is 1. The van der Waals surface area contributed by atoms with Crippen LogP contribution in [0.3, 0.4) is 0 Å². The molecule has 0 aliphatic carbocycles. The van der Waals surface area contributed by atoms with E-state index in [4.69, 9.17) is 13.9 Å². The van der Waals surface area contributed by atoms with E-state index in [1.165, 1.54) is 12.1 Å². The summed E-state index contributed by atoms with van der Waals surface area (Å²) in [6, 6.07) is 14.3. The molecule has 1 N–H and O–H groups in total. The summed E-state index contributed by atoms with van der Waals surface area (Å²) in [5.41, 5.74) is 5.67. The van der Waals surface area contributed by atoms with Gasteiger partial charge in [0.15, 0.2) is 0 Å². The number of ether oxygens (including phenoxy) is 2. The number of nitrogens with one attached hydrogen (secondary N) is 1. The molecule has 0 atom stereocenters. The standard InChI is InChI=1S/C28H26FNO4/c1-16-10-11-19(13-24(16)29)30-26(31)12-17(2)21-14-22-23(20-8-6-7-9-25(20)32-4)15-34-28(22)18(3)27(21)33-5/h6-15H,1-5H3,(H,30,31)/b17-12+. The molecule has 5 nitrogen and oxygen atoms in total. The molecule has 0 radical (unpaired) electrons. The molecule has 6 heteroatoms. The maximum atomic E-state index is 13.8. The number of anilines is 1. The second-order valence-corrected chi connectivity index (χ2v) is 8.09. The molecule has 34 heavy (non-hydrogen) atoms. The first-order valence-corrected chi connectivity index (χ1v) is 10.8. The lowest BCUT2D eigenvalue weighted by atomic mass is 9.96. The van der Waals surface area contributed by atoms with Gasteiger partial charge in [0.05, 0.1) is 20.5 Å². The van der Waals surface area contributed by atoms with Gasteiger partial charge < -0.3 is 19.2 Å². The van der Waals surface area contributed by atoms with E-state index in [2.05, 4.69) is 5.32 Å². The molecule has 1 heterocycles. The maximum Gasteiger partial charge on any atom is 0.248 e. The fourth-order valence-electron chi connectivity index (χ4n) is 4.07. The van der Waals surface area contributed by atoms with Crippen molar-refractivity contribution in [1.82, 2.24) is 0 Å². The number of hydrogen-bond donors (Lipinski definition) is 1. The molecule has 1 aromatic heterocycles. The SMILES string of the molecule is COc1ccccc1-c1coc2c(C)c(OC)c(/C(C)=C/C(=O)Nc3ccc(C)c(F)c3)cc12. The van der Waals surface area contributed by atoms with Gasteiger partial charge in [-0.2, -0.15) is 0 Å². The lowest BCUT2D eigenvalue weighted by Gasteiger charge is -2.14. The van der Waals surface area contributed by atoms with Gasteiger partial charge in [0.1, 0.15) is 22.9 Å². The van der Waals surface area contributed by atoms with Crippen molar-refractivity contribution in [1.29, 1.82) is 0 Å². The molecule has 0 saturated carbocycles. The van der Waals surface area contributed by atoms with Crippen molar-refractivity contribution in [3.63, 3.8) is 0 Å². The van der Waals surface area contributed by atoms with Gasteiger partial charge in [0.2, 0.25) is 5.91 Å². The third-order valence-electron chi connectivity index (χ3n) is 5.86. The first-order chi connectivity index (χ1) is 16.3. The Kier molecular flexibility index (Phi) is 6.41. The number of amides is 1. The minimum Gasteiger partial charge on any atom is -0.496 e. The highest BCUT2D eigenvalue weighted by Crippen LogP contribution is 2.42. The van der Waals surface area contributed by atoms with E-state index >= 15 is 0 Å². The molecular weight excluding hydrogens is 433 g/mol.